The van der Waals surface area contributed by atoms with Crippen LogP contribution in [0.15, 0.2) is 26.2 Å². The highest BCUT2D eigenvalue weighted by Gasteiger charge is 2.32. The van der Waals surface area contributed by atoms with Crippen molar-refractivity contribution in [1.29, 1.82) is 0 Å². The van der Waals surface area contributed by atoms with Crippen LogP contribution in [0.1, 0.15) is 34.9 Å². The van der Waals surface area contributed by atoms with Crippen LogP contribution in [-0.4, -0.2) is 59.9 Å². The van der Waals surface area contributed by atoms with Crippen molar-refractivity contribution < 1.29 is 13.2 Å². The Bertz CT molecular complexity index is 896. The fraction of sp³-hybridized carbons (Fsp3) is 0.467. The fourth-order valence-corrected chi connectivity index (χ4v) is 6.49. The van der Waals surface area contributed by atoms with Crippen molar-refractivity contribution in [3.63, 3.8) is 0 Å². The maximum Gasteiger partial charge on any atom is 0.274 e. The number of nitrogens with zero attached hydrogens (tertiary/aromatic N) is 3. The molecule has 1 aliphatic carbocycles. The third kappa shape index (κ3) is 3.40. The van der Waals surface area contributed by atoms with E-state index in [0.717, 1.165) is 22.3 Å². The van der Waals surface area contributed by atoms with Crippen molar-refractivity contribution in [2.45, 2.75) is 23.0 Å². The van der Waals surface area contributed by atoms with Crippen LogP contribution in [0.4, 0.5) is 0 Å². The number of sulfonamides is 1. The standard InChI is InChI=1S/C15H17BrN4O3S2/c16-13-3-4-14(24-13)25(22,23)20-7-5-19(6-8-20)15(21)12-9-11(17-18-12)10-1-2-10/h3-4,9-10H,1-2,5-8H2,(H,17,18). The Balaban J connectivity index is 1.41. The van der Waals surface area contributed by atoms with Gasteiger partial charge in [0.25, 0.3) is 15.9 Å². The van der Waals surface area contributed by atoms with Crippen LogP contribution in [0, 0.1) is 0 Å². The SMILES string of the molecule is O=C(c1cc(C2CC2)[nH]n1)N1CCN(S(=O)(=O)c2ccc(Br)s2)CC1. The van der Waals surface area contributed by atoms with Gasteiger partial charge in [0.15, 0.2) is 0 Å². The zero-order chi connectivity index (χ0) is 17.6. The van der Waals surface area contributed by atoms with Gasteiger partial charge in [-0.15, -0.1) is 11.3 Å². The molecule has 134 valence electrons. The number of nitrogens with one attached hydrogen (secondary N) is 1. The van der Waals surface area contributed by atoms with Crippen molar-refractivity contribution >= 4 is 43.2 Å². The molecule has 0 bridgehead atoms. The van der Waals surface area contributed by atoms with E-state index in [1.165, 1.54) is 15.6 Å². The van der Waals surface area contributed by atoms with Crippen LogP contribution in [0.3, 0.4) is 0 Å². The summed E-state index contributed by atoms with van der Waals surface area (Å²) in [6, 6.07) is 5.16. The molecule has 25 heavy (non-hydrogen) atoms. The molecular weight excluding hydrogens is 428 g/mol. The highest BCUT2D eigenvalue weighted by molar-refractivity contribution is 9.11. The van der Waals surface area contributed by atoms with Gasteiger partial charge < -0.3 is 4.90 Å². The summed E-state index contributed by atoms with van der Waals surface area (Å²) in [6.45, 7) is 1.33. The number of aromatic amines is 1. The summed E-state index contributed by atoms with van der Waals surface area (Å²) >= 11 is 4.49. The Kier molecular flexibility index (Phi) is 4.47. The number of hydrogen-bond acceptors (Lipinski definition) is 5. The average molecular weight is 445 g/mol. The van der Waals surface area contributed by atoms with Crippen LogP contribution in [0.5, 0.6) is 0 Å². The van der Waals surface area contributed by atoms with Gasteiger partial charge in [-0.1, -0.05) is 0 Å². The van der Waals surface area contributed by atoms with Gasteiger partial charge in [0.05, 0.1) is 3.79 Å². The highest BCUT2D eigenvalue weighted by atomic mass is 79.9. The van der Waals surface area contributed by atoms with Gasteiger partial charge in [-0.2, -0.15) is 9.40 Å². The van der Waals surface area contributed by atoms with Crippen molar-refractivity contribution in [2.75, 3.05) is 26.2 Å². The Labute approximate surface area is 158 Å². The number of halogens is 1. The molecule has 0 spiro atoms. The van der Waals surface area contributed by atoms with E-state index in [-0.39, 0.29) is 5.91 Å². The molecule has 0 radical (unpaired) electrons. The van der Waals surface area contributed by atoms with E-state index < -0.39 is 10.0 Å². The molecule has 2 aromatic rings. The molecule has 1 amide bonds. The quantitative estimate of drug-likeness (QED) is 0.783. The van der Waals surface area contributed by atoms with E-state index in [4.69, 9.17) is 0 Å². The lowest BCUT2D eigenvalue weighted by Crippen LogP contribution is -2.50. The number of piperazine rings is 1. The first-order valence-electron chi connectivity index (χ1n) is 8.05. The molecule has 10 heteroatoms. The summed E-state index contributed by atoms with van der Waals surface area (Å²) in [6.07, 6.45) is 2.29. The number of carbonyl (C=O) groups excluding carboxylic acids is 1. The van der Waals surface area contributed by atoms with Gasteiger partial charge in [-0.3, -0.25) is 9.89 Å². The molecule has 3 heterocycles. The van der Waals surface area contributed by atoms with E-state index in [0.29, 0.717) is 42.0 Å². The van der Waals surface area contributed by atoms with Crippen LogP contribution < -0.4 is 0 Å². The lowest BCUT2D eigenvalue weighted by Gasteiger charge is -2.33. The number of rotatable bonds is 4. The smallest absolute Gasteiger partial charge is 0.274 e. The maximum atomic E-state index is 12.6. The monoisotopic (exact) mass is 444 g/mol. The molecule has 0 unspecified atom stereocenters. The summed E-state index contributed by atoms with van der Waals surface area (Å²) in [4.78, 5) is 14.2. The zero-order valence-electron chi connectivity index (χ0n) is 13.3. The van der Waals surface area contributed by atoms with Crippen molar-refractivity contribution in [3.8, 4) is 0 Å². The van der Waals surface area contributed by atoms with E-state index in [2.05, 4.69) is 26.1 Å². The summed E-state index contributed by atoms with van der Waals surface area (Å²) < 4.78 is 27.8. The van der Waals surface area contributed by atoms with Crippen LogP contribution in [-0.2, 0) is 10.0 Å². The third-order valence-electron chi connectivity index (χ3n) is 4.50. The molecule has 2 aromatic heterocycles. The van der Waals surface area contributed by atoms with E-state index >= 15 is 0 Å². The molecule has 4 rings (SSSR count). The van der Waals surface area contributed by atoms with Gasteiger partial charge in [-0.25, -0.2) is 8.42 Å². The highest BCUT2D eigenvalue weighted by Crippen LogP contribution is 2.39. The molecule has 7 nitrogen and oxygen atoms in total. The average Bonchev–Trinajstić information content (AvgIpc) is 3.16. The first-order valence-corrected chi connectivity index (χ1v) is 11.1. The summed E-state index contributed by atoms with van der Waals surface area (Å²) in [7, 11) is -3.49. The van der Waals surface area contributed by atoms with E-state index in [1.54, 1.807) is 17.0 Å². The summed E-state index contributed by atoms with van der Waals surface area (Å²) in [5.41, 5.74) is 1.44. The molecule has 1 saturated carbocycles. The van der Waals surface area contributed by atoms with E-state index in [1.807, 2.05) is 6.07 Å². The first-order chi connectivity index (χ1) is 11.9. The lowest BCUT2D eigenvalue weighted by atomic mass is 10.2. The number of carbonyl (C=O) groups is 1. The van der Waals surface area contributed by atoms with Crippen LogP contribution in [0.25, 0.3) is 0 Å². The van der Waals surface area contributed by atoms with Crippen LogP contribution in [0.2, 0.25) is 0 Å². The number of amides is 1. The summed E-state index contributed by atoms with van der Waals surface area (Å²) in [5, 5.41) is 7.06. The maximum absolute atomic E-state index is 12.6. The second-order valence-electron chi connectivity index (χ2n) is 6.24. The topological polar surface area (TPSA) is 86.4 Å². The minimum Gasteiger partial charge on any atom is -0.335 e. The predicted molar refractivity (Wildman–Crippen MR) is 97.2 cm³/mol. The Morgan fingerprint density at radius 1 is 1.24 bits per heavy atom. The number of H-pyrrole nitrogens is 1. The predicted octanol–water partition coefficient (Wildman–Crippen LogP) is 2.26. The Hall–Kier alpha value is -1.23. The largest absolute Gasteiger partial charge is 0.335 e. The molecule has 1 saturated heterocycles. The van der Waals surface area contributed by atoms with Crippen molar-refractivity contribution in [1.82, 2.24) is 19.4 Å². The molecule has 2 aliphatic rings. The Morgan fingerprint density at radius 2 is 1.96 bits per heavy atom. The minimum absolute atomic E-state index is 0.140. The number of thiophene rings is 1. The van der Waals surface area contributed by atoms with Gasteiger partial charge in [0.1, 0.15) is 9.90 Å². The van der Waals surface area contributed by atoms with E-state index in [9.17, 15) is 13.2 Å². The zero-order valence-corrected chi connectivity index (χ0v) is 16.5. The van der Waals surface area contributed by atoms with Gasteiger partial charge in [0.2, 0.25) is 0 Å². The first kappa shape index (κ1) is 17.2. The molecule has 0 aromatic carbocycles. The van der Waals surface area contributed by atoms with Crippen molar-refractivity contribution in [2.24, 2.45) is 0 Å². The third-order valence-corrected chi connectivity index (χ3v) is 8.49. The lowest BCUT2D eigenvalue weighted by molar-refractivity contribution is 0.0692. The number of hydrogen-bond donors (Lipinski definition) is 1. The second-order valence-corrected chi connectivity index (χ2v) is 10.9. The van der Waals surface area contributed by atoms with Crippen molar-refractivity contribution in [3.05, 3.63) is 33.4 Å². The van der Waals surface area contributed by atoms with Gasteiger partial charge in [0, 0.05) is 37.8 Å². The van der Waals surface area contributed by atoms with Gasteiger partial charge in [-0.05, 0) is 47.0 Å². The molecule has 2 fully saturated rings. The fourth-order valence-electron chi connectivity index (χ4n) is 2.91. The second kappa shape index (κ2) is 6.49. The minimum atomic E-state index is -3.49. The van der Waals surface area contributed by atoms with Crippen LogP contribution >= 0.6 is 27.3 Å². The summed E-state index contributed by atoms with van der Waals surface area (Å²) in [5.74, 6) is 0.375. The number of aromatic nitrogens is 2. The normalized spacial score (nSPS) is 19.3. The molecule has 0 atom stereocenters. The molecular formula is C15H17BrN4O3S2. The molecule has 1 N–H and O–H groups in total. The van der Waals surface area contributed by atoms with Gasteiger partial charge >= 0.3 is 0 Å². The molecule has 1 aliphatic heterocycles. The Morgan fingerprint density at radius 3 is 2.56 bits per heavy atom.